The van der Waals surface area contributed by atoms with Crippen LogP contribution in [0.15, 0.2) is 54.6 Å². The van der Waals surface area contributed by atoms with Crippen LogP contribution in [0.25, 0.3) is 0 Å². The summed E-state index contributed by atoms with van der Waals surface area (Å²) in [5.41, 5.74) is 1.43. The predicted molar refractivity (Wildman–Crippen MR) is 88.7 cm³/mol. The quantitative estimate of drug-likeness (QED) is 0.437. The predicted octanol–water partition coefficient (Wildman–Crippen LogP) is 2.13. The van der Waals surface area contributed by atoms with Gasteiger partial charge in [0, 0.05) is 30.9 Å². The van der Waals surface area contributed by atoms with E-state index in [1.165, 1.54) is 12.1 Å². The van der Waals surface area contributed by atoms with Gasteiger partial charge in [-0.05, 0) is 17.7 Å². The van der Waals surface area contributed by atoms with Gasteiger partial charge in [0.15, 0.2) is 0 Å². The summed E-state index contributed by atoms with van der Waals surface area (Å²) in [6.07, 6.45) is 0. The van der Waals surface area contributed by atoms with Crippen molar-refractivity contribution in [2.75, 3.05) is 18.4 Å². The highest BCUT2D eigenvalue weighted by atomic mass is 32.2. The molecule has 0 saturated carbocycles. The summed E-state index contributed by atoms with van der Waals surface area (Å²) in [5, 5.41) is 13.5. The SMILES string of the molecule is O=[N+]([O-])c1ccc(NCCNS(=O)(=O)Cc2ccccc2)cc1. The van der Waals surface area contributed by atoms with E-state index in [1.807, 2.05) is 6.07 Å². The molecule has 0 amide bonds. The molecule has 7 nitrogen and oxygen atoms in total. The largest absolute Gasteiger partial charge is 0.384 e. The summed E-state index contributed by atoms with van der Waals surface area (Å²) >= 11 is 0. The van der Waals surface area contributed by atoms with Crippen molar-refractivity contribution in [3.05, 3.63) is 70.3 Å². The number of non-ortho nitro benzene ring substituents is 1. The molecule has 2 rings (SSSR count). The molecular formula is C15H17N3O4S. The first-order chi connectivity index (χ1) is 11.0. The minimum Gasteiger partial charge on any atom is -0.384 e. The number of benzene rings is 2. The van der Waals surface area contributed by atoms with Gasteiger partial charge in [-0.15, -0.1) is 0 Å². The van der Waals surface area contributed by atoms with Crippen LogP contribution in [-0.2, 0) is 15.8 Å². The van der Waals surface area contributed by atoms with Gasteiger partial charge in [0.05, 0.1) is 10.7 Å². The fourth-order valence-corrected chi connectivity index (χ4v) is 3.11. The number of anilines is 1. The van der Waals surface area contributed by atoms with Crippen molar-refractivity contribution in [1.29, 1.82) is 0 Å². The molecule has 0 bridgehead atoms. The number of nitro groups is 1. The van der Waals surface area contributed by atoms with Crippen molar-refractivity contribution < 1.29 is 13.3 Å². The van der Waals surface area contributed by atoms with Crippen LogP contribution in [0.2, 0.25) is 0 Å². The average molecular weight is 335 g/mol. The smallest absolute Gasteiger partial charge is 0.269 e. The van der Waals surface area contributed by atoms with Gasteiger partial charge < -0.3 is 5.32 Å². The Morgan fingerprint density at radius 1 is 0.957 bits per heavy atom. The molecule has 0 aliphatic carbocycles. The lowest BCUT2D eigenvalue weighted by Gasteiger charge is -2.09. The van der Waals surface area contributed by atoms with E-state index in [9.17, 15) is 18.5 Å². The Kier molecular flexibility index (Phi) is 5.67. The van der Waals surface area contributed by atoms with E-state index in [0.29, 0.717) is 12.2 Å². The highest BCUT2D eigenvalue weighted by Crippen LogP contribution is 2.14. The zero-order valence-corrected chi connectivity index (χ0v) is 13.1. The molecule has 0 atom stereocenters. The summed E-state index contributed by atoms with van der Waals surface area (Å²) < 4.78 is 26.3. The zero-order valence-electron chi connectivity index (χ0n) is 12.3. The lowest BCUT2D eigenvalue weighted by atomic mass is 10.2. The maximum atomic E-state index is 11.9. The summed E-state index contributed by atoms with van der Waals surface area (Å²) in [6, 6.07) is 14.9. The number of rotatable bonds is 8. The molecule has 0 fully saturated rings. The molecule has 0 radical (unpaired) electrons. The molecule has 122 valence electrons. The number of sulfonamides is 1. The zero-order chi connectivity index (χ0) is 16.7. The third-order valence-electron chi connectivity index (χ3n) is 3.05. The second kappa shape index (κ2) is 7.70. The normalized spacial score (nSPS) is 11.1. The van der Waals surface area contributed by atoms with E-state index in [2.05, 4.69) is 10.0 Å². The number of hydrogen-bond donors (Lipinski definition) is 2. The third-order valence-corrected chi connectivity index (χ3v) is 4.41. The Morgan fingerprint density at radius 3 is 2.22 bits per heavy atom. The molecule has 0 heterocycles. The number of nitro benzene ring substituents is 1. The second-order valence-electron chi connectivity index (χ2n) is 4.87. The monoisotopic (exact) mass is 335 g/mol. The van der Waals surface area contributed by atoms with Gasteiger partial charge in [0.25, 0.3) is 5.69 Å². The van der Waals surface area contributed by atoms with Crippen LogP contribution in [0, 0.1) is 10.1 Å². The molecule has 0 saturated heterocycles. The highest BCUT2D eigenvalue weighted by Gasteiger charge is 2.10. The van der Waals surface area contributed by atoms with E-state index >= 15 is 0 Å². The van der Waals surface area contributed by atoms with E-state index in [4.69, 9.17) is 0 Å². The van der Waals surface area contributed by atoms with E-state index < -0.39 is 14.9 Å². The van der Waals surface area contributed by atoms with Crippen LogP contribution in [0.5, 0.6) is 0 Å². The maximum absolute atomic E-state index is 11.9. The summed E-state index contributed by atoms with van der Waals surface area (Å²) in [4.78, 5) is 10.1. The molecule has 0 aromatic heterocycles. The van der Waals surface area contributed by atoms with Crippen molar-refractivity contribution in [3.63, 3.8) is 0 Å². The van der Waals surface area contributed by atoms with Gasteiger partial charge in [-0.3, -0.25) is 10.1 Å². The van der Waals surface area contributed by atoms with Crippen LogP contribution in [0.4, 0.5) is 11.4 Å². The van der Waals surface area contributed by atoms with E-state index in [0.717, 1.165) is 5.56 Å². The van der Waals surface area contributed by atoms with Crippen LogP contribution in [-0.4, -0.2) is 26.4 Å². The first-order valence-corrected chi connectivity index (χ1v) is 8.61. The van der Waals surface area contributed by atoms with Gasteiger partial charge in [-0.1, -0.05) is 30.3 Å². The van der Waals surface area contributed by atoms with E-state index in [-0.39, 0.29) is 18.0 Å². The number of nitrogens with one attached hydrogen (secondary N) is 2. The summed E-state index contributed by atoms with van der Waals surface area (Å²) in [6.45, 7) is 0.609. The number of hydrogen-bond acceptors (Lipinski definition) is 5. The Labute approximate surface area is 134 Å². The average Bonchev–Trinajstić information content (AvgIpc) is 2.52. The van der Waals surface area contributed by atoms with Crippen LogP contribution in [0.3, 0.4) is 0 Å². The molecule has 2 aromatic carbocycles. The Morgan fingerprint density at radius 2 is 1.61 bits per heavy atom. The van der Waals surface area contributed by atoms with Gasteiger partial charge >= 0.3 is 0 Å². The molecule has 0 spiro atoms. The first kappa shape index (κ1) is 16.9. The standard InChI is InChI=1S/C15H17N3O4S/c19-18(20)15-8-6-14(7-9-15)16-10-11-17-23(21,22)12-13-4-2-1-3-5-13/h1-9,16-17H,10-12H2. The summed E-state index contributed by atoms with van der Waals surface area (Å²) in [5.74, 6) is -0.0641. The van der Waals surface area contributed by atoms with Crippen LogP contribution >= 0.6 is 0 Å². The number of nitrogens with zero attached hydrogens (tertiary/aromatic N) is 1. The Hall–Kier alpha value is -2.45. The molecule has 23 heavy (non-hydrogen) atoms. The summed E-state index contributed by atoms with van der Waals surface area (Å²) in [7, 11) is -3.39. The van der Waals surface area contributed by atoms with Crippen LogP contribution < -0.4 is 10.0 Å². The Bertz CT molecular complexity index is 746. The molecule has 0 unspecified atom stereocenters. The fraction of sp³-hybridized carbons (Fsp3) is 0.200. The van der Waals surface area contributed by atoms with Crippen molar-refractivity contribution in [3.8, 4) is 0 Å². The minimum atomic E-state index is -3.39. The third kappa shape index (κ3) is 5.68. The van der Waals surface area contributed by atoms with Gasteiger partial charge in [0.2, 0.25) is 10.0 Å². The molecular weight excluding hydrogens is 318 g/mol. The Balaban J connectivity index is 1.77. The van der Waals surface area contributed by atoms with Crippen molar-refractivity contribution in [1.82, 2.24) is 4.72 Å². The van der Waals surface area contributed by atoms with Gasteiger partial charge in [-0.2, -0.15) is 0 Å². The molecule has 0 aliphatic rings. The minimum absolute atomic E-state index is 0.0131. The molecule has 0 aliphatic heterocycles. The van der Waals surface area contributed by atoms with E-state index in [1.54, 1.807) is 36.4 Å². The van der Waals surface area contributed by atoms with Crippen molar-refractivity contribution >= 4 is 21.4 Å². The van der Waals surface area contributed by atoms with Crippen molar-refractivity contribution in [2.24, 2.45) is 0 Å². The lowest BCUT2D eigenvalue weighted by Crippen LogP contribution is -2.29. The maximum Gasteiger partial charge on any atom is 0.269 e. The molecule has 8 heteroatoms. The van der Waals surface area contributed by atoms with Crippen LogP contribution in [0.1, 0.15) is 5.56 Å². The van der Waals surface area contributed by atoms with Crippen molar-refractivity contribution in [2.45, 2.75) is 5.75 Å². The topological polar surface area (TPSA) is 101 Å². The highest BCUT2D eigenvalue weighted by molar-refractivity contribution is 7.88. The fourth-order valence-electron chi connectivity index (χ4n) is 1.96. The van der Waals surface area contributed by atoms with Gasteiger partial charge in [0.1, 0.15) is 0 Å². The molecule has 2 aromatic rings. The lowest BCUT2D eigenvalue weighted by molar-refractivity contribution is -0.384. The first-order valence-electron chi connectivity index (χ1n) is 6.96. The van der Waals surface area contributed by atoms with Gasteiger partial charge in [-0.25, -0.2) is 13.1 Å². The second-order valence-corrected chi connectivity index (χ2v) is 6.68. The molecule has 2 N–H and O–H groups in total.